The molecule has 0 saturated carbocycles. The van der Waals surface area contributed by atoms with Crippen LogP contribution in [-0.4, -0.2) is 23.2 Å². The van der Waals surface area contributed by atoms with E-state index in [2.05, 4.69) is 35.9 Å². The molecule has 0 aliphatic carbocycles. The van der Waals surface area contributed by atoms with Crippen LogP contribution < -0.4 is 5.32 Å². The highest BCUT2D eigenvalue weighted by molar-refractivity contribution is 5.83. The summed E-state index contributed by atoms with van der Waals surface area (Å²) in [6.07, 6.45) is 7.42. The number of fused-ring (bicyclic) bond motifs is 1. The molecule has 23 heavy (non-hydrogen) atoms. The third kappa shape index (κ3) is 3.40. The molecule has 1 aromatic heterocycles. The van der Waals surface area contributed by atoms with Crippen molar-refractivity contribution in [2.45, 2.75) is 26.2 Å². The van der Waals surface area contributed by atoms with Crippen molar-refractivity contribution in [3.63, 3.8) is 0 Å². The zero-order chi connectivity index (χ0) is 16.2. The smallest absolute Gasteiger partial charge is 0.116 e. The van der Waals surface area contributed by atoms with Crippen molar-refractivity contribution in [1.82, 2.24) is 10.3 Å². The monoisotopic (exact) mass is 310 g/mol. The zero-order valence-corrected chi connectivity index (χ0v) is 13.8. The Labute approximate surface area is 138 Å². The van der Waals surface area contributed by atoms with E-state index in [9.17, 15) is 5.11 Å². The first kappa shape index (κ1) is 16.0. The molecule has 1 saturated heterocycles. The Morgan fingerprint density at radius 3 is 3.09 bits per heavy atom. The van der Waals surface area contributed by atoms with Crippen LogP contribution in [0.15, 0.2) is 43.1 Å². The van der Waals surface area contributed by atoms with E-state index in [0.717, 1.165) is 36.8 Å². The van der Waals surface area contributed by atoms with Crippen LogP contribution in [0.25, 0.3) is 10.9 Å². The van der Waals surface area contributed by atoms with Crippen LogP contribution in [0.3, 0.4) is 0 Å². The van der Waals surface area contributed by atoms with Gasteiger partial charge in [0.05, 0.1) is 5.52 Å². The van der Waals surface area contributed by atoms with Crippen molar-refractivity contribution in [2.75, 3.05) is 13.1 Å². The molecule has 1 aromatic carbocycles. The minimum atomic E-state index is 0.311. The second kappa shape index (κ2) is 7.14. The lowest BCUT2D eigenvalue weighted by atomic mass is 9.73. The van der Waals surface area contributed by atoms with Gasteiger partial charge in [-0.2, -0.15) is 0 Å². The van der Waals surface area contributed by atoms with Gasteiger partial charge in [-0.3, -0.25) is 4.98 Å². The Morgan fingerprint density at radius 2 is 2.30 bits per heavy atom. The Hall–Kier alpha value is -1.87. The fourth-order valence-corrected chi connectivity index (χ4v) is 4.00. The van der Waals surface area contributed by atoms with Gasteiger partial charge in [0, 0.05) is 18.1 Å². The first-order valence-electron chi connectivity index (χ1n) is 8.62. The maximum atomic E-state index is 9.83. The lowest BCUT2D eigenvalue weighted by molar-refractivity contribution is 0.201. The van der Waals surface area contributed by atoms with Crippen molar-refractivity contribution < 1.29 is 5.11 Å². The highest BCUT2D eigenvalue weighted by Crippen LogP contribution is 2.34. The molecule has 2 aromatic rings. The van der Waals surface area contributed by atoms with Crippen LogP contribution in [0.1, 0.15) is 25.3 Å². The Bertz CT molecular complexity index is 682. The molecular formula is C20H26N2O. The first-order valence-corrected chi connectivity index (χ1v) is 8.62. The fraction of sp³-hybridized carbons (Fsp3) is 0.450. The minimum Gasteiger partial charge on any atom is -0.508 e. The number of hydrogen-bond donors (Lipinski definition) is 2. The molecule has 1 aliphatic rings. The summed E-state index contributed by atoms with van der Waals surface area (Å²) in [4.78, 5) is 4.42. The standard InChI is InChI=1S/C20H26N2O/c1-3-14(18-8-9-21-13-15(18)4-2)11-16-7-10-22-20-6-5-17(23)12-19(16)20/h4-7,10,12,14-15,18,21,23H,2-3,8-9,11,13H2,1H3/t14-,15?,18?/m1/s1. The number of pyridine rings is 1. The van der Waals surface area contributed by atoms with Crippen LogP contribution in [0, 0.1) is 17.8 Å². The molecule has 0 radical (unpaired) electrons. The maximum Gasteiger partial charge on any atom is 0.116 e. The van der Waals surface area contributed by atoms with Gasteiger partial charge in [0.15, 0.2) is 0 Å². The van der Waals surface area contributed by atoms with Gasteiger partial charge in [-0.15, -0.1) is 6.58 Å². The van der Waals surface area contributed by atoms with Crippen LogP contribution in [-0.2, 0) is 6.42 Å². The number of phenolic OH excluding ortho intramolecular Hbond substituents is 1. The van der Waals surface area contributed by atoms with E-state index in [0.29, 0.717) is 23.5 Å². The molecule has 1 aliphatic heterocycles. The third-order valence-electron chi connectivity index (χ3n) is 5.31. The van der Waals surface area contributed by atoms with Gasteiger partial charge in [0.25, 0.3) is 0 Å². The average Bonchev–Trinajstić information content (AvgIpc) is 2.60. The Kier molecular flexibility index (Phi) is 4.97. The normalized spacial score (nSPS) is 22.8. The molecule has 0 spiro atoms. The Morgan fingerprint density at radius 1 is 1.43 bits per heavy atom. The quantitative estimate of drug-likeness (QED) is 0.823. The summed E-state index contributed by atoms with van der Waals surface area (Å²) >= 11 is 0. The van der Waals surface area contributed by atoms with E-state index in [-0.39, 0.29) is 0 Å². The molecular weight excluding hydrogens is 284 g/mol. The van der Waals surface area contributed by atoms with Gasteiger partial charge in [0.1, 0.15) is 5.75 Å². The predicted molar refractivity (Wildman–Crippen MR) is 95.6 cm³/mol. The number of hydrogen-bond acceptors (Lipinski definition) is 3. The van der Waals surface area contributed by atoms with Crippen molar-refractivity contribution >= 4 is 10.9 Å². The van der Waals surface area contributed by atoms with E-state index in [1.165, 1.54) is 12.0 Å². The molecule has 1 fully saturated rings. The zero-order valence-electron chi connectivity index (χ0n) is 13.8. The molecule has 2 unspecified atom stereocenters. The van der Waals surface area contributed by atoms with Crippen LogP contribution >= 0.6 is 0 Å². The van der Waals surface area contributed by atoms with Gasteiger partial charge in [0.2, 0.25) is 0 Å². The van der Waals surface area contributed by atoms with Gasteiger partial charge in [-0.1, -0.05) is 19.4 Å². The van der Waals surface area contributed by atoms with Crippen LogP contribution in [0.5, 0.6) is 5.75 Å². The third-order valence-corrected chi connectivity index (χ3v) is 5.31. The molecule has 3 rings (SSSR count). The lowest BCUT2D eigenvalue weighted by Gasteiger charge is -2.36. The number of benzene rings is 1. The van der Waals surface area contributed by atoms with E-state index < -0.39 is 0 Å². The Balaban J connectivity index is 1.89. The van der Waals surface area contributed by atoms with Gasteiger partial charge < -0.3 is 10.4 Å². The number of piperidine rings is 1. The van der Waals surface area contributed by atoms with Gasteiger partial charge in [-0.25, -0.2) is 0 Å². The van der Waals surface area contributed by atoms with Crippen LogP contribution in [0.4, 0.5) is 0 Å². The molecule has 2 N–H and O–H groups in total. The van der Waals surface area contributed by atoms with E-state index in [1.807, 2.05) is 18.3 Å². The van der Waals surface area contributed by atoms with Gasteiger partial charge >= 0.3 is 0 Å². The highest BCUT2D eigenvalue weighted by atomic mass is 16.3. The number of nitrogens with one attached hydrogen (secondary N) is 1. The summed E-state index contributed by atoms with van der Waals surface area (Å²) in [7, 11) is 0. The summed E-state index contributed by atoms with van der Waals surface area (Å²) in [5.41, 5.74) is 2.25. The SMILES string of the molecule is C=CC1CNCCC1[C@H](CC)Cc1ccnc2ccc(O)cc12. The first-order chi connectivity index (χ1) is 11.2. The topological polar surface area (TPSA) is 45.2 Å². The summed E-state index contributed by atoms with van der Waals surface area (Å²) in [6, 6.07) is 7.55. The number of rotatable bonds is 5. The summed E-state index contributed by atoms with van der Waals surface area (Å²) in [6.45, 7) is 8.47. The lowest BCUT2D eigenvalue weighted by Crippen LogP contribution is -2.39. The minimum absolute atomic E-state index is 0.311. The van der Waals surface area contributed by atoms with Crippen LogP contribution in [0.2, 0.25) is 0 Å². The predicted octanol–water partition coefficient (Wildman–Crippen LogP) is 3.92. The molecule has 0 amide bonds. The van der Waals surface area contributed by atoms with Crippen molar-refractivity contribution in [3.05, 3.63) is 48.7 Å². The molecule has 2 heterocycles. The number of aromatic nitrogens is 1. The van der Waals surface area contributed by atoms with Crippen molar-refractivity contribution in [1.29, 1.82) is 0 Å². The second-order valence-corrected chi connectivity index (χ2v) is 6.60. The average molecular weight is 310 g/mol. The largest absolute Gasteiger partial charge is 0.508 e. The number of nitrogens with zero attached hydrogens (tertiary/aromatic N) is 1. The summed E-state index contributed by atoms with van der Waals surface area (Å²) < 4.78 is 0. The van der Waals surface area contributed by atoms with E-state index >= 15 is 0 Å². The maximum absolute atomic E-state index is 9.83. The molecule has 3 heteroatoms. The second-order valence-electron chi connectivity index (χ2n) is 6.60. The van der Waals surface area contributed by atoms with Crippen molar-refractivity contribution in [2.24, 2.45) is 17.8 Å². The highest BCUT2D eigenvalue weighted by Gasteiger charge is 2.29. The fourth-order valence-electron chi connectivity index (χ4n) is 4.00. The molecule has 0 bridgehead atoms. The van der Waals surface area contributed by atoms with Crippen molar-refractivity contribution in [3.8, 4) is 5.75 Å². The van der Waals surface area contributed by atoms with Gasteiger partial charge in [-0.05, 0) is 67.0 Å². The summed E-state index contributed by atoms with van der Waals surface area (Å²) in [5, 5.41) is 14.4. The van der Waals surface area contributed by atoms with E-state index in [1.54, 1.807) is 6.07 Å². The number of phenols is 1. The summed E-state index contributed by atoms with van der Waals surface area (Å²) in [5.74, 6) is 2.17. The molecule has 3 atom stereocenters. The number of aromatic hydroxyl groups is 1. The molecule has 3 nitrogen and oxygen atoms in total. The molecule has 122 valence electrons. The van der Waals surface area contributed by atoms with E-state index in [4.69, 9.17) is 0 Å².